The molecule has 0 atom stereocenters. The first kappa shape index (κ1) is 20.9. The molecule has 0 saturated carbocycles. The van der Waals surface area contributed by atoms with Crippen molar-refractivity contribution in [2.24, 2.45) is 5.92 Å². The van der Waals surface area contributed by atoms with E-state index in [2.05, 4.69) is 20.9 Å². The summed E-state index contributed by atoms with van der Waals surface area (Å²) >= 11 is 2.71. The van der Waals surface area contributed by atoms with E-state index in [1.54, 1.807) is 11.4 Å². The molecule has 10 heteroatoms. The van der Waals surface area contributed by atoms with Gasteiger partial charge in [-0.25, -0.2) is 4.98 Å². The quantitative estimate of drug-likeness (QED) is 0.683. The van der Waals surface area contributed by atoms with E-state index in [4.69, 9.17) is 0 Å². The number of hydrogen-bond donors (Lipinski definition) is 3. The number of nitrogens with zero attached hydrogens (tertiary/aromatic N) is 1. The lowest BCUT2D eigenvalue weighted by Gasteiger charge is -2.26. The van der Waals surface area contributed by atoms with Gasteiger partial charge >= 0.3 is 0 Å². The number of hydrogen-bond acceptors (Lipinski definition) is 6. The van der Waals surface area contributed by atoms with Crippen LogP contribution in [-0.2, 0) is 11.2 Å². The Bertz CT molecular complexity index is 660. The minimum Gasteiger partial charge on any atom is -0.355 e. The molecule has 2 aromatic heterocycles. The molecule has 1 fully saturated rings. The standard InChI is InChI=1S/C14H16N4O2S2.2ClH/c19-12(16-7-9-5-15-6-9)4-10-8-22-14(17-10)18-13(20)11-2-1-3-21-11;;/h1-3,8-9,15H,4-7H2,(H,16,19)(H,17,18,20);2*1H. The predicted molar refractivity (Wildman–Crippen MR) is 102 cm³/mol. The summed E-state index contributed by atoms with van der Waals surface area (Å²) in [6.45, 7) is 2.64. The van der Waals surface area contributed by atoms with Crippen LogP contribution < -0.4 is 16.0 Å². The molecule has 1 aliphatic rings. The molecule has 2 aromatic rings. The van der Waals surface area contributed by atoms with E-state index in [-0.39, 0.29) is 43.0 Å². The van der Waals surface area contributed by atoms with Crippen molar-refractivity contribution in [1.82, 2.24) is 15.6 Å². The highest BCUT2D eigenvalue weighted by molar-refractivity contribution is 7.14. The van der Waals surface area contributed by atoms with Gasteiger partial charge in [-0.15, -0.1) is 47.5 Å². The van der Waals surface area contributed by atoms with Crippen LogP contribution in [0.1, 0.15) is 15.4 Å². The van der Waals surface area contributed by atoms with Crippen LogP contribution in [-0.4, -0.2) is 36.4 Å². The molecular formula is C14H18Cl2N4O2S2. The first-order chi connectivity index (χ1) is 10.7. The van der Waals surface area contributed by atoms with E-state index in [0.717, 1.165) is 13.1 Å². The molecule has 3 N–H and O–H groups in total. The van der Waals surface area contributed by atoms with E-state index < -0.39 is 0 Å². The number of thiophene rings is 1. The normalized spacial score (nSPS) is 13.2. The maximum absolute atomic E-state index is 11.9. The summed E-state index contributed by atoms with van der Waals surface area (Å²) in [6, 6.07) is 3.59. The van der Waals surface area contributed by atoms with Crippen LogP contribution in [0.15, 0.2) is 22.9 Å². The number of amides is 2. The second kappa shape index (κ2) is 9.95. The second-order valence-corrected chi connectivity index (χ2v) is 6.89. The molecule has 3 heterocycles. The van der Waals surface area contributed by atoms with Crippen molar-refractivity contribution in [3.8, 4) is 0 Å². The fourth-order valence-corrected chi connectivity index (χ4v) is 3.31. The van der Waals surface area contributed by atoms with Gasteiger partial charge in [-0.2, -0.15) is 0 Å². The summed E-state index contributed by atoms with van der Waals surface area (Å²) in [7, 11) is 0. The third-order valence-corrected chi connectivity index (χ3v) is 4.99. The first-order valence-electron chi connectivity index (χ1n) is 6.97. The van der Waals surface area contributed by atoms with E-state index in [9.17, 15) is 9.59 Å². The Morgan fingerprint density at radius 3 is 2.71 bits per heavy atom. The van der Waals surface area contributed by atoms with Crippen molar-refractivity contribution in [2.45, 2.75) is 6.42 Å². The molecule has 3 rings (SSSR count). The van der Waals surface area contributed by atoms with Gasteiger partial charge in [0.2, 0.25) is 5.91 Å². The molecule has 6 nitrogen and oxygen atoms in total. The highest BCUT2D eigenvalue weighted by Gasteiger charge is 2.17. The van der Waals surface area contributed by atoms with Crippen LogP contribution in [0.2, 0.25) is 0 Å². The third kappa shape index (κ3) is 5.71. The van der Waals surface area contributed by atoms with Gasteiger partial charge in [-0.1, -0.05) is 6.07 Å². The number of anilines is 1. The Labute approximate surface area is 160 Å². The van der Waals surface area contributed by atoms with Gasteiger partial charge in [0.25, 0.3) is 5.91 Å². The number of halogens is 2. The average molecular weight is 409 g/mol. The summed E-state index contributed by atoms with van der Waals surface area (Å²) < 4.78 is 0. The second-order valence-electron chi connectivity index (χ2n) is 5.08. The molecule has 24 heavy (non-hydrogen) atoms. The van der Waals surface area contributed by atoms with Crippen LogP contribution in [0.3, 0.4) is 0 Å². The van der Waals surface area contributed by atoms with Crippen molar-refractivity contribution < 1.29 is 9.59 Å². The molecule has 0 radical (unpaired) electrons. The van der Waals surface area contributed by atoms with E-state index in [1.807, 2.05) is 11.4 Å². The van der Waals surface area contributed by atoms with Gasteiger partial charge < -0.3 is 10.6 Å². The van der Waals surface area contributed by atoms with Crippen molar-refractivity contribution >= 4 is 64.4 Å². The van der Waals surface area contributed by atoms with E-state index >= 15 is 0 Å². The fourth-order valence-electron chi connectivity index (χ4n) is 1.99. The first-order valence-corrected chi connectivity index (χ1v) is 8.73. The topological polar surface area (TPSA) is 83.1 Å². The maximum Gasteiger partial charge on any atom is 0.267 e. The zero-order valence-electron chi connectivity index (χ0n) is 12.6. The molecule has 0 spiro atoms. The highest BCUT2D eigenvalue weighted by atomic mass is 35.5. The predicted octanol–water partition coefficient (Wildman–Crippen LogP) is 2.18. The van der Waals surface area contributed by atoms with Crippen molar-refractivity contribution in [2.75, 3.05) is 25.0 Å². The van der Waals surface area contributed by atoms with Crippen LogP contribution in [0.5, 0.6) is 0 Å². The SMILES string of the molecule is Cl.Cl.O=C(Cc1csc(NC(=O)c2cccs2)n1)NCC1CNC1. The number of rotatable bonds is 6. The van der Waals surface area contributed by atoms with E-state index in [1.165, 1.54) is 22.7 Å². The molecule has 2 amide bonds. The number of nitrogens with one attached hydrogen (secondary N) is 3. The molecule has 0 bridgehead atoms. The molecule has 0 aliphatic carbocycles. The van der Waals surface area contributed by atoms with Crippen LogP contribution in [0.4, 0.5) is 5.13 Å². The Morgan fingerprint density at radius 1 is 1.29 bits per heavy atom. The van der Waals surface area contributed by atoms with Gasteiger partial charge in [0.1, 0.15) is 0 Å². The summed E-state index contributed by atoms with van der Waals surface area (Å²) in [6.07, 6.45) is 0.242. The van der Waals surface area contributed by atoms with Crippen molar-refractivity contribution in [3.63, 3.8) is 0 Å². The summed E-state index contributed by atoms with van der Waals surface area (Å²) in [5.74, 6) is 0.339. The zero-order valence-corrected chi connectivity index (χ0v) is 15.9. The highest BCUT2D eigenvalue weighted by Crippen LogP contribution is 2.18. The van der Waals surface area contributed by atoms with Crippen LogP contribution >= 0.6 is 47.5 Å². The van der Waals surface area contributed by atoms with Gasteiger partial charge in [0, 0.05) is 30.9 Å². The lowest BCUT2D eigenvalue weighted by Crippen LogP contribution is -2.48. The molecule has 132 valence electrons. The van der Waals surface area contributed by atoms with Crippen LogP contribution in [0.25, 0.3) is 0 Å². The number of carbonyl (C=O) groups excluding carboxylic acids is 2. The van der Waals surface area contributed by atoms with Gasteiger partial charge in [0.05, 0.1) is 17.0 Å². The number of thiazole rings is 1. The Kier molecular flexibility index (Phi) is 8.65. The average Bonchev–Trinajstić information content (AvgIpc) is 3.08. The van der Waals surface area contributed by atoms with Crippen LogP contribution in [0, 0.1) is 5.92 Å². The molecular weight excluding hydrogens is 391 g/mol. The Hall–Kier alpha value is -1.19. The summed E-state index contributed by atoms with van der Waals surface area (Å²) in [4.78, 5) is 28.6. The van der Waals surface area contributed by atoms with Crippen molar-refractivity contribution in [3.05, 3.63) is 33.5 Å². The maximum atomic E-state index is 11.9. The zero-order chi connectivity index (χ0) is 15.4. The van der Waals surface area contributed by atoms with Gasteiger partial charge in [-0.3, -0.25) is 14.9 Å². The third-order valence-electron chi connectivity index (χ3n) is 3.31. The lowest BCUT2D eigenvalue weighted by molar-refractivity contribution is -0.120. The van der Waals surface area contributed by atoms with E-state index in [0.29, 0.717) is 28.2 Å². The Balaban J connectivity index is 0.00000144. The number of carbonyl (C=O) groups is 2. The Morgan fingerprint density at radius 2 is 2.08 bits per heavy atom. The largest absolute Gasteiger partial charge is 0.355 e. The smallest absolute Gasteiger partial charge is 0.267 e. The minimum atomic E-state index is -0.169. The van der Waals surface area contributed by atoms with Gasteiger partial charge in [0.15, 0.2) is 5.13 Å². The molecule has 1 saturated heterocycles. The molecule has 0 unspecified atom stereocenters. The van der Waals surface area contributed by atoms with Gasteiger partial charge in [-0.05, 0) is 11.4 Å². The van der Waals surface area contributed by atoms with Crippen molar-refractivity contribution in [1.29, 1.82) is 0 Å². The summed E-state index contributed by atoms with van der Waals surface area (Å²) in [5, 5.41) is 13.0. The minimum absolute atomic E-state index is 0. The monoisotopic (exact) mass is 408 g/mol. The number of aromatic nitrogens is 1. The fraction of sp³-hybridized carbons (Fsp3) is 0.357. The lowest BCUT2D eigenvalue weighted by atomic mass is 10.0. The molecule has 1 aliphatic heterocycles. The molecule has 0 aromatic carbocycles. The summed E-state index contributed by atoms with van der Waals surface area (Å²) in [5.41, 5.74) is 0.677.